The van der Waals surface area contributed by atoms with Gasteiger partial charge < -0.3 is 10.8 Å². The van der Waals surface area contributed by atoms with E-state index < -0.39 is 6.09 Å². The molecule has 0 fully saturated rings. The Labute approximate surface area is 87.3 Å². The van der Waals surface area contributed by atoms with Crippen LogP contribution in [0.4, 0.5) is 10.5 Å². The zero-order valence-corrected chi connectivity index (χ0v) is 8.52. The van der Waals surface area contributed by atoms with Crippen LogP contribution in [-0.4, -0.2) is 20.8 Å². The lowest BCUT2D eigenvalue weighted by atomic mass is 10.3. The van der Waals surface area contributed by atoms with Crippen molar-refractivity contribution in [2.45, 2.75) is 0 Å². The van der Waals surface area contributed by atoms with Crippen molar-refractivity contribution in [1.29, 1.82) is 0 Å². The molecule has 1 aromatic carbocycles. The molecule has 0 aliphatic carbocycles. The minimum absolute atomic E-state index is 0.453. The fourth-order valence-corrected chi connectivity index (χ4v) is 1.72. The molecule has 14 heavy (non-hydrogen) atoms. The van der Waals surface area contributed by atoms with Crippen molar-refractivity contribution in [1.82, 2.24) is 9.55 Å². The van der Waals surface area contributed by atoms with Crippen LogP contribution >= 0.6 is 15.9 Å². The molecule has 0 saturated heterocycles. The number of benzene rings is 1. The highest BCUT2D eigenvalue weighted by atomic mass is 79.9. The molecule has 2 aromatic rings. The number of hydrogen-bond donors (Lipinski definition) is 2. The normalized spacial score (nSPS) is 10.6. The summed E-state index contributed by atoms with van der Waals surface area (Å²) in [6.45, 7) is 0. The highest BCUT2D eigenvalue weighted by Gasteiger charge is 2.10. The van der Waals surface area contributed by atoms with Crippen molar-refractivity contribution < 1.29 is 9.90 Å². The number of rotatable bonds is 0. The van der Waals surface area contributed by atoms with Gasteiger partial charge in [0.1, 0.15) is 11.8 Å². The molecule has 0 saturated carbocycles. The Hall–Kier alpha value is -1.56. The minimum Gasteiger partial charge on any atom is -0.464 e. The Morgan fingerprint density at radius 3 is 2.93 bits per heavy atom. The fourth-order valence-electron chi connectivity index (χ4n) is 1.26. The van der Waals surface area contributed by atoms with E-state index in [1.54, 1.807) is 12.1 Å². The third-order valence-corrected chi connectivity index (χ3v) is 2.31. The molecule has 0 spiro atoms. The summed E-state index contributed by atoms with van der Waals surface area (Å²) in [6.07, 6.45) is 0.153. The van der Waals surface area contributed by atoms with E-state index in [1.807, 2.05) is 0 Å². The smallest absolute Gasteiger partial charge is 0.417 e. The van der Waals surface area contributed by atoms with E-state index in [-0.39, 0.29) is 0 Å². The highest BCUT2D eigenvalue weighted by molar-refractivity contribution is 9.10. The number of imidazole rings is 1. The number of carboxylic acid groups (broad SMARTS) is 1. The summed E-state index contributed by atoms with van der Waals surface area (Å²) >= 11 is 3.24. The van der Waals surface area contributed by atoms with Crippen molar-refractivity contribution in [2.24, 2.45) is 0 Å². The first-order chi connectivity index (χ1) is 6.59. The summed E-state index contributed by atoms with van der Waals surface area (Å²) in [5.74, 6) is 0. The van der Waals surface area contributed by atoms with Crippen LogP contribution in [0.2, 0.25) is 0 Å². The van der Waals surface area contributed by atoms with Gasteiger partial charge in [-0.25, -0.2) is 14.3 Å². The highest BCUT2D eigenvalue weighted by Crippen LogP contribution is 2.24. The first-order valence-electron chi connectivity index (χ1n) is 3.75. The SMILES string of the molecule is Nc1cc(Br)cc2c1ncn2C(=O)O. The van der Waals surface area contributed by atoms with Gasteiger partial charge >= 0.3 is 6.09 Å². The van der Waals surface area contributed by atoms with Gasteiger partial charge in [-0.1, -0.05) is 15.9 Å². The van der Waals surface area contributed by atoms with Gasteiger partial charge in [-0.2, -0.15) is 0 Å². The summed E-state index contributed by atoms with van der Waals surface area (Å²) in [6, 6.07) is 3.34. The molecule has 0 bridgehead atoms. The number of nitrogens with two attached hydrogens (primary N) is 1. The van der Waals surface area contributed by atoms with Gasteiger partial charge in [0, 0.05) is 4.47 Å². The van der Waals surface area contributed by atoms with E-state index in [2.05, 4.69) is 20.9 Å². The van der Waals surface area contributed by atoms with Gasteiger partial charge in [0.2, 0.25) is 0 Å². The van der Waals surface area contributed by atoms with Gasteiger partial charge in [0.15, 0.2) is 0 Å². The number of nitrogens with zero attached hydrogens (tertiary/aromatic N) is 2. The molecule has 5 nitrogen and oxygen atoms in total. The van der Waals surface area contributed by atoms with E-state index in [9.17, 15) is 4.79 Å². The van der Waals surface area contributed by atoms with Crippen LogP contribution in [0.1, 0.15) is 0 Å². The summed E-state index contributed by atoms with van der Waals surface area (Å²) in [7, 11) is 0. The van der Waals surface area contributed by atoms with Gasteiger partial charge in [0.25, 0.3) is 0 Å². The van der Waals surface area contributed by atoms with E-state index in [0.29, 0.717) is 16.7 Å². The van der Waals surface area contributed by atoms with Crippen LogP contribution in [0.25, 0.3) is 11.0 Å². The monoisotopic (exact) mass is 255 g/mol. The number of aromatic nitrogens is 2. The maximum atomic E-state index is 10.8. The van der Waals surface area contributed by atoms with Crippen molar-refractivity contribution in [3.63, 3.8) is 0 Å². The van der Waals surface area contributed by atoms with Gasteiger partial charge in [-0.05, 0) is 12.1 Å². The molecule has 3 N–H and O–H groups in total. The lowest BCUT2D eigenvalue weighted by molar-refractivity contribution is 0.197. The lowest BCUT2D eigenvalue weighted by Crippen LogP contribution is -2.05. The average molecular weight is 256 g/mol. The standard InChI is InChI=1S/C8H6BrN3O2/c9-4-1-5(10)7-6(2-4)12(3-11-7)8(13)14/h1-3H,10H2,(H,13,14). The second kappa shape index (κ2) is 2.98. The van der Waals surface area contributed by atoms with Gasteiger partial charge in [-0.15, -0.1) is 0 Å². The summed E-state index contributed by atoms with van der Waals surface area (Å²) in [5.41, 5.74) is 7.10. The lowest BCUT2D eigenvalue weighted by Gasteiger charge is -1.99. The summed E-state index contributed by atoms with van der Waals surface area (Å²) in [5, 5.41) is 8.82. The first-order valence-corrected chi connectivity index (χ1v) is 4.54. The molecule has 0 radical (unpaired) electrons. The Kier molecular flexibility index (Phi) is 1.92. The molecule has 0 atom stereocenters. The van der Waals surface area contributed by atoms with Crippen LogP contribution < -0.4 is 5.73 Å². The topological polar surface area (TPSA) is 81.1 Å². The summed E-state index contributed by atoms with van der Waals surface area (Å²) < 4.78 is 1.75. The Balaban J connectivity index is 2.85. The van der Waals surface area contributed by atoms with Gasteiger partial charge in [-0.3, -0.25) is 0 Å². The van der Waals surface area contributed by atoms with Crippen molar-refractivity contribution >= 4 is 38.7 Å². The molecule has 0 unspecified atom stereocenters. The zero-order chi connectivity index (χ0) is 10.3. The zero-order valence-electron chi connectivity index (χ0n) is 6.94. The second-order valence-corrected chi connectivity index (χ2v) is 3.68. The molecule has 0 amide bonds. The molecule has 72 valence electrons. The quantitative estimate of drug-likeness (QED) is 0.705. The molecule has 0 aliphatic heterocycles. The average Bonchev–Trinajstić information content (AvgIpc) is 2.47. The van der Waals surface area contributed by atoms with Crippen LogP contribution in [0.15, 0.2) is 22.9 Å². The van der Waals surface area contributed by atoms with Crippen molar-refractivity contribution in [2.75, 3.05) is 5.73 Å². The van der Waals surface area contributed by atoms with Crippen LogP contribution in [-0.2, 0) is 0 Å². The number of anilines is 1. The number of hydrogen-bond acceptors (Lipinski definition) is 3. The predicted octanol–water partition coefficient (Wildman–Crippen LogP) is 1.91. The van der Waals surface area contributed by atoms with Crippen LogP contribution in [0.3, 0.4) is 0 Å². The molecule has 2 rings (SSSR count). The van der Waals surface area contributed by atoms with Crippen LogP contribution in [0.5, 0.6) is 0 Å². The Morgan fingerprint density at radius 2 is 2.29 bits per heavy atom. The molecular weight excluding hydrogens is 250 g/mol. The number of nitrogen functional groups attached to an aromatic ring is 1. The van der Waals surface area contributed by atoms with E-state index in [1.165, 1.54) is 6.33 Å². The van der Waals surface area contributed by atoms with Crippen LogP contribution in [0, 0.1) is 0 Å². The number of halogens is 1. The number of carbonyl (C=O) groups is 1. The fraction of sp³-hybridized carbons (Fsp3) is 0. The molecule has 0 aliphatic rings. The number of fused-ring (bicyclic) bond motifs is 1. The molecular formula is C8H6BrN3O2. The third kappa shape index (κ3) is 1.24. The Bertz CT molecular complexity index is 521. The summed E-state index contributed by atoms with van der Waals surface area (Å²) in [4.78, 5) is 14.7. The van der Waals surface area contributed by atoms with E-state index >= 15 is 0 Å². The second-order valence-electron chi connectivity index (χ2n) is 2.76. The van der Waals surface area contributed by atoms with Gasteiger partial charge in [0.05, 0.1) is 11.2 Å². The first kappa shape index (κ1) is 9.01. The minimum atomic E-state index is -1.08. The molecule has 1 aromatic heterocycles. The largest absolute Gasteiger partial charge is 0.464 e. The predicted molar refractivity (Wildman–Crippen MR) is 55.3 cm³/mol. The Morgan fingerprint density at radius 1 is 1.57 bits per heavy atom. The van der Waals surface area contributed by atoms with Crippen molar-refractivity contribution in [3.05, 3.63) is 22.9 Å². The van der Waals surface area contributed by atoms with Crippen molar-refractivity contribution in [3.8, 4) is 0 Å². The molecule has 6 heteroatoms. The van der Waals surface area contributed by atoms with E-state index in [0.717, 1.165) is 9.04 Å². The maximum Gasteiger partial charge on any atom is 0.417 e. The van der Waals surface area contributed by atoms with E-state index in [4.69, 9.17) is 10.8 Å². The third-order valence-electron chi connectivity index (χ3n) is 1.85. The molecule has 1 heterocycles. The maximum absolute atomic E-state index is 10.8.